The van der Waals surface area contributed by atoms with Gasteiger partial charge >= 0.3 is 0 Å². The van der Waals surface area contributed by atoms with Gasteiger partial charge in [-0.2, -0.15) is 0 Å². The Bertz CT molecular complexity index is 1060. The highest BCUT2D eigenvalue weighted by molar-refractivity contribution is 6.03. The molecule has 0 aliphatic carbocycles. The molecule has 174 valence electrons. The number of pyridine rings is 1. The Morgan fingerprint density at radius 3 is 2.88 bits per heavy atom. The lowest BCUT2D eigenvalue weighted by molar-refractivity contribution is -0.127. The summed E-state index contributed by atoms with van der Waals surface area (Å²) in [5, 5.41) is 17.7. The minimum absolute atomic E-state index is 0.0357. The monoisotopic (exact) mass is 455 g/mol. The van der Waals surface area contributed by atoms with E-state index >= 15 is 4.39 Å². The lowest BCUT2D eigenvalue weighted by Crippen LogP contribution is -2.44. The summed E-state index contributed by atoms with van der Waals surface area (Å²) in [4.78, 5) is 30.4. The number of rotatable bonds is 8. The van der Waals surface area contributed by atoms with Gasteiger partial charge in [0.2, 0.25) is 5.91 Å². The van der Waals surface area contributed by atoms with E-state index in [1.165, 1.54) is 6.08 Å². The van der Waals surface area contributed by atoms with E-state index in [4.69, 9.17) is 9.84 Å². The highest BCUT2D eigenvalue weighted by Crippen LogP contribution is 2.32. The molecule has 4 rings (SSSR count). The highest BCUT2D eigenvalue weighted by atomic mass is 19.1. The predicted molar refractivity (Wildman–Crippen MR) is 121 cm³/mol. The van der Waals surface area contributed by atoms with Gasteiger partial charge in [-0.3, -0.25) is 9.59 Å². The minimum Gasteiger partial charge on any atom is -0.491 e. The average molecular weight is 455 g/mol. The van der Waals surface area contributed by atoms with E-state index in [0.29, 0.717) is 24.5 Å². The molecule has 3 heterocycles. The SMILES string of the molecule is C=CC(=O)N1CCCC(Nc2nc(Nc3ccc(OCCO)cc3)c3c(c2F)CNC3=O)C1. The first kappa shape index (κ1) is 22.5. The average Bonchev–Trinajstić information content (AvgIpc) is 3.23. The highest BCUT2D eigenvalue weighted by Gasteiger charge is 2.31. The van der Waals surface area contributed by atoms with Gasteiger partial charge in [-0.25, -0.2) is 9.37 Å². The van der Waals surface area contributed by atoms with Crippen molar-refractivity contribution in [2.45, 2.75) is 25.4 Å². The summed E-state index contributed by atoms with van der Waals surface area (Å²) in [6.07, 6.45) is 2.81. The zero-order valence-electron chi connectivity index (χ0n) is 18.1. The Morgan fingerprint density at radius 1 is 1.36 bits per heavy atom. The van der Waals surface area contributed by atoms with Gasteiger partial charge < -0.3 is 30.7 Å². The van der Waals surface area contributed by atoms with Crippen molar-refractivity contribution < 1.29 is 23.8 Å². The summed E-state index contributed by atoms with van der Waals surface area (Å²) in [7, 11) is 0. The molecule has 9 nitrogen and oxygen atoms in total. The number of amides is 2. The Kier molecular flexibility index (Phi) is 6.74. The van der Waals surface area contributed by atoms with Gasteiger partial charge in [0.25, 0.3) is 5.91 Å². The number of carbonyl (C=O) groups is 2. The van der Waals surface area contributed by atoms with Crippen molar-refractivity contribution in [1.29, 1.82) is 0 Å². The predicted octanol–water partition coefficient (Wildman–Crippen LogP) is 2.17. The van der Waals surface area contributed by atoms with Gasteiger partial charge in [0, 0.05) is 36.9 Å². The van der Waals surface area contributed by atoms with Crippen LogP contribution in [0.2, 0.25) is 0 Å². The lowest BCUT2D eigenvalue weighted by Gasteiger charge is -2.33. The van der Waals surface area contributed by atoms with Gasteiger partial charge in [-0.05, 0) is 43.2 Å². The van der Waals surface area contributed by atoms with E-state index in [-0.39, 0.29) is 54.5 Å². The van der Waals surface area contributed by atoms with Crippen LogP contribution in [0.15, 0.2) is 36.9 Å². The van der Waals surface area contributed by atoms with E-state index in [0.717, 1.165) is 12.8 Å². The third-order valence-corrected chi connectivity index (χ3v) is 5.61. The Balaban J connectivity index is 1.58. The molecule has 33 heavy (non-hydrogen) atoms. The number of benzene rings is 1. The van der Waals surface area contributed by atoms with E-state index in [2.05, 4.69) is 27.5 Å². The molecule has 0 spiro atoms. The second-order valence-electron chi connectivity index (χ2n) is 7.85. The molecule has 1 aromatic carbocycles. The molecule has 2 aromatic rings. The fourth-order valence-corrected chi connectivity index (χ4v) is 4.02. The van der Waals surface area contributed by atoms with Gasteiger partial charge in [-0.15, -0.1) is 0 Å². The van der Waals surface area contributed by atoms with Gasteiger partial charge in [0.05, 0.1) is 12.2 Å². The molecule has 1 unspecified atom stereocenters. The van der Waals surface area contributed by atoms with Crippen molar-refractivity contribution in [3.05, 3.63) is 53.9 Å². The molecule has 0 saturated carbocycles. The first-order valence-electron chi connectivity index (χ1n) is 10.8. The fraction of sp³-hybridized carbons (Fsp3) is 0.348. The molecule has 0 bridgehead atoms. The van der Waals surface area contributed by atoms with Crippen LogP contribution in [0, 0.1) is 5.82 Å². The Hall–Kier alpha value is -3.66. The molecule has 1 saturated heterocycles. The normalized spacial score (nSPS) is 17.2. The number of likely N-dealkylation sites (tertiary alicyclic amines) is 1. The molecule has 4 N–H and O–H groups in total. The molecule has 2 aliphatic heterocycles. The lowest BCUT2D eigenvalue weighted by atomic mass is 10.0. The fourth-order valence-electron chi connectivity index (χ4n) is 4.02. The first-order valence-corrected chi connectivity index (χ1v) is 10.8. The van der Waals surface area contributed by atoms with E-state index < -0.39 is 11.7 Å². The number of aliphatic hydroxyl groups excluding tert-OH is 1. The van der Waals surface area contributed by atoms with Crippen LogP contribution < -0.4 is 20.7 Å². The summed E-state index contributed by atoms with van der Waals surface area (Å²) < 4.78 is 20.6. The molecule has 0 radical (unpaired) electrons. The van der Waals surface area contributed by atoms with Crippen LogP contribution in [-0.4, -0.2) is 59.1 Å². The number of aliphatic hydroxyl groups is 1. The maximum Gasteiger partial charge on any atom is 0.255 e. The Morgan fingerprint density at radius 2 is 2.15 bits per heavy atom. The standard InChI is InChI=1S/C23H26FN5O4/c1-2-18(31)29-9-3-4-15(13-29)27-22-20(24)17-12-25-23(32)19(17)21(28-22)26-14-5-7-16(8-6-14)33-11-10-30/h2,5-8,15,30H,1,3-4,9-13H2,(H,25,32)(H2,26,27,28). The van der Waals surface area contributed by atoms with Crippen molar-refractivity contribution in [2.24, 2.45) is 0 Å². The van der Waals surface area contributed by atoms with Crippen LogP contribution in [0.1, 0.15) is 28.8 Å². The second kappa shape index (κ2) is 9.86. The number of hydrogen-bond donors (Lipinski definition) is 4. The maximum absolute atomic E-state index is 15.2. The number of hydrogen-bond acceptors (Lipinski definition) is 7. The molecule has 1 atom stereocenters. The van der Waals surface area contributed by atoms with Crippen molar-refractivity contribution in [2.75, 3.05) is 36.9 Å². The van der Waals surface area contributed by atoms with E-state index in [1.54, 1.807) is 29.2 Å². The van der Waals surface area contributed by atoms with Gasteiger partial charge in [0.1, 0.15) is 18.2 Å². The molecular weight excluding hydrogens is 429 g/mol. The van der Waals surface area contributed by atoms with Crippen LogP contribution in [0.4, 0.5) is 21.7 Å². The minimum atomic E-state index is -0.575. The van der Waals surface area contributed by atoms with E-state index in [1.807, 2.05) is 0 Å². The smallest absolute Gasteiger partial charge is 0.255 e. The summed E-state index contributed by atoms with van der Waals surface area (Å²) in [5.74, 6) is -0.269. The number of fused-ring (bicyclic) bond motifs is 1. The van der Waals surface area contributed by atoms with Crippen molar-refractivity contribution >= 4 is 29.1 Å². The summed E-state index contributed by atoms with van der Waals surface area (Å²) in [6, 6.07) is 6.74. The molecule has 2 amide bonds. The van der Waals surface area contributed by atoms with Crippen LogP contribution in [0.25, 0.3) is 0 Å². The van der Waals surface area contributed by atoms with E-state index in [9.17, 15) is 9.59 Å². The van der Waals surface area contributed by atoms with Crippen LogP contribution in [0.3, 0.4) is 0 Å². The first-order chi connectivity index (χ1) is 16.0. The molecule has 1 aromatic heterocycles. The summed E-state index contributed by atoms with van der Waals surface area (Å²) in [5.41, 5.74) is 1.06. The van der Waals surface area contributed by atoms with Crippen molar-refractivity contribution in [3.8, 4) is 5.75 Å². The van der Waals surface area contributed by atoms with Gasteiger partial charge in [0.15, 0.2) is 11.6 Å². The number of piperidine rings is 1. The quantitative estimate of drug-likeness (QED) is 0.451. The largest absolute Gasteiger partial charge is 0.491 e. The topological polar surface area (TPSA) is 116 Å². The molecular formula is C23H26FN5O4. The van der Waals surface area contributed by atoms with Crippen LogP contribution in [0.5, 0.6) is 5.75 Å². The Labute approximate surface area is 190 Å². The molecule has 2 aliphatic rings. The van der Waals surface area contributed by atoms with Crippen LogP contribution in [-0.2, 0) is 11.3 Å². The number of aromatic nitrogens is 1. The third kappa shape index (κ3) is 4.90. The molecule has 10 heteroatoms. The zero-order valence-corrected chi connectivity index (χ0v) is 18.1. The summed E-state index contributed by atoms with van der Waals surface area (Å²) in [6.45, 7) is 4.75. The molecule has 1 fully saturated rings. The second-order valence-corrected chi connectivity index (χ2v) is 7.85. The summed E-state index contributed by atoms with van der Waals surface area (Å²) >= 11 is 0. The maximum atomic E-state index is 15.2. The van der Waals surface area contributed by atoms with Crippen molar-refractivity contribution in [3.63, 3.8) is 0 Å². The van der Waals surface area contributed by atoms with Crippen molar-refractivity contribution in [1.82, 2.24) is 15.2 Å². The third-order valence-electron chi connectivity index (χ3n) is 5.61. The van der Waals surface area contributed by atoms with Gasteiger partial charge in [-0.1, -0.05) is 6.58 Å². The number of ether oxygens (including phenoxy) is 1. The zero-order chi connectivity index (χ0) is 23.4. The number of anilines is 3. The number of nitrogens with zero attached hydrogens (tertiary/aromatic N) is 2. The van der Waals surface area contributed by atoms with Crippen LogP contribution >= 0.6 is 0 Å². The number of carbonyl (C=O) groups excluding carboxylic acids is 2. The number of nitrogens with one attached hydrogen (secondary N) is 3. The number of halogens is 1.